The van der Waals surface area contributed by atoms with E-state index in [2.05, 4.69) is 25.5 Å². The SMILES string of the molecule is CC(C)[C@@H](CC(=O)O)Nc1nc(-c2ccc3n[nH]c(=O)n3c2)ncc1F. The lowest BCUT2D eigenvalue weighted by Crippen LogP contribution is -2.29. The van der Waals surface area contributed by atoms with Crippen molar-refractivity contribution < 1.29 is 14.3 Å². The number of carboxylic acids is 1. The minimum Gasteiger partial charge on any atom is -0.481 e. The van der Waals surface area contributed by atoms with E-state index in [0.29, 0.717) is 11.2 Å². The number of carboxylic acid groups (broad SMARTS) is 1. The molecule has 0 amide bonds. The largest absolute Gasteiger partial charge is 0.481 e. The molecule has 0 aromatic carbocycles. The molecular formula is C16H17FN6O3. The van der Waals surface area contributed by atoms with Crippen molar-refractivity contribution in [2.75, 3.05) is 5.32 Å². The molecule has 0 bridgehead atoms. The van der Waals surface area contributed by atoms with E-state index in [1.807, 2.05) is 13.8 Å². The molecule has 0 saturated heterocycles. The standard InChI is InChI=1S/C16H17FN6O3/c1-8(2)11(5-13(24)25)19-15-10(17)6-18-14(20-15)9-3-4-12-21-22-16(26)23(12)7-9/h3-4,6-8,11H,5H2,1-2H3,(H,22,26)(H,24,25)(H,18,19,20)/t11-/m1/s1. The average molecular weight is 360 g/mol. The molecule has 0 aliphatic heterocycles. The average Bonchev–Trinajstić information content (AvgIpc) is 2.96. The van der Waals surface area contributed by atoms with Crippen LogP contribution in [0, 0.1) is 11.7 Å². The summed E-state index contributed by atoms with van der Waals surface area (Å²) in [6.45, 7) is 3.67. The Labute approximate surface area is 146 Å². The van der Waals surface area contributed by atoms with E-state index in [4.69, 9.17) is 5.11 Å². The molecule has 26 heavy (non-hydrogen) atoms. The van der Waals surface area contributed by atoms with Gasteiger partial charge in [0, 0.05) is 17.8 Å². The predicted octanol–water partition coefficient (Wildman–Crippen LogP) is 1.53. The lowest BCUT2D eigenvalue weighted by atomic mass is 10.0. The third-order valence-corrected chi connectivity index (χ3v) is 3.94. The van der Waals surface area contributed by atoms with Gasteiger partial charge in [0.15, 0.2) is 23.1 Å². The molecule has 0 fully saturated rings. The van der Waals surface area contributed by atoms with Crippen molar-refractivity contribution in [3.05, 3.63) is 40.8 Å². The first-order valence-corrected chi connectivity index (χ1v) is 7.93. The molecule has 3 N–H and O–H groups in total. The van der Waals surface area contributed by atoms with E-state index >= 15 is 0 Å². The Hall–Kier alpha value is -3.30. The van der Waals surface area contributed by atoms with Crippen LogP contribution in [0.15, 0.2) is 29.3 Å². The second-order valence-electron chi connectivity index (χ2n) is 6.16. The number of carbonyl (C=O) groups is 1. The molecule has 1 atom stereocenters. The normalized spacial score (nSPS) is 12.5. The summed E-state index contributed by atoms with van der Waals surface area (Å²) in [6, 6.07) is 2.77. The van der Waals surface area contributed by atoms with Gasteiger partial charge in [0.25, 0.3) is 0 Å². The van der Waals surface area contributed by atoms with Gasteiger partial charge in [-0.2, -0.15) is 5.10 Å². The summed E-state index contributed by atoms with van der Waals surface area (Å²) in [4.78, 5) is 30.8. The van der Waals surface area contributed by atoms with E-state index in [9.17, 15) is 14.0 Å². The van der Waals surface area contributed by atoms with Crippen molar-refractivity contribution in [3.63, 3.8) is 0 Å². The van der Waals surface area contributed by atoms with Crippen LogP contribution in [0.3, 0.4) is 0 Å². The zero-order chi connectivity index (χ0) is 18.8. The van der Waals surface area contributed by atoms with Crippen LogP contribution in [0.25, 0.3) is 17.0 Å². The van der Waals surface area contributed by atoms with Crippen LogP contribution in [0.4, 0.5) is 10.2 Å². The summed E-state index contributed by atoms with van der Waals surface area (Å²) in [5.74, 6) is -1.62. The zero-order valence-electron chi connectivity index (χ0n) is 14.1. The quantitative estimate of drug-likeness (QED) is 0.608. The Morgan fingerprint density at radius 1 is 1.42 bits per heavy atom. The van der Waals surface area contributed by atoms with Gasteiger partial charge in [-0.1, -0.05) is 13.8 Å². The highest BCUT2D eigenvalue weighted by atomic mass is 19.1. The van der Waals surface area contributed by atoms with E-state index in [1.165, 1.54) is 10.6 Å². The van der Waals surface area contributed by atoms with Gasteiger partial charge in [0.05, 0.1) is 12.6 Å². The summed E-state index contributed by atoms with van der Waals surface area (Å²) < 4.78 is 15.4. The molecule has 10 heteroatoms. The molecule has 0 aliphatic carbocycles. The maximum atomic E-state index is 14.1. The van der Waals surface area contributed by atoms with Gasteiger partial charge in [0.1, 0.15) is 0 Å². The molecule has 136 valence electrons. The fourth-order valence-corrected chi connectivity index (χ4v) is 2.46. The van der Waals surface area contributed by atoms with Crippen LogP contribution in [-0.4, -0.2) is 41.7 Å². The summed E-state index contributed by atoms with van der Waals surface area (Å²) in [5, 5.41) is 18.0. The summed E-state index contributed by atoms with van der Waals surface area (Å²) in [5.41, 5.74) is 0.507. The molecule has 0 unspecified atom stereocenters. The van der Waals surface area contributed by atoms with Crippen molar-refractivity contribution in [3.8, 4) is 11.4 Å². The molecule has 9 nitrogen and oxygen atoms in total. The maximum Gasteiger partial charge on any atom is 0.347 e. The van der Waals surface area contributed by atoms with Gasteiger partial charge in [-0.25, -0.2) is 28.7 Å². The molecule has 0 radical (unpaired) electrons. The molecule has 0 aliphatic rings. The molecule has 0 saturated carbocycles. The monoisotopic (exact) mass is 360 g/mol. The van der Waals surface area contributed by atoms with Gasteiger partial charge in [0.2, 0.25) is 0 Å². The second-order valence-corrected chi connectivity index (χ2v) is 6.16. The third kappa shape index (κ3) is 3.53. The van der Waals surface area contributed by atoms with Crippen LogP contribution in [-0.2, 0) is 4.79 Å². The smallest absolute Gasteiger partial charge is 0.347 e. The molecule has 3 aromatic rings. The van der Waals surface area contributed by atoms with Gasteiger partial charge >= 0.3 is 11.7 Å². The Bertz CT molecular complexity index is 1010. The molecule has 0 spiro atoms. The van der Waals surface area contributed by atoms with E-state index in [0.717, 1.165) is 6.20 Å². The number of hydrogen-bond donors (Lipinski definition) is 3. The summed E-state index contributed by atoms with van der Waals surface area (Å²) in [7, 11) is 0. The second kappa shape index (κ2) is 6.90. The Balaban J connectivity index is 1.96. The van der Waals surface area contributed by atoms with Gasteiger partial charge in [-0.15, -0.1) is 0 Å². The first-order valence-electron chi connectivity index (χ1n) is 7.93. The number of rotatable bonds is 6. The number of nitrogens with zero attached hydrogens (tertiary/aromatic N) is 4. The lowest BCUT2D eigenvalue weighted by molar-refractivity contribution is -0.137. The summed E-state index contributed by atoms with van der Waals surface area (Å²) >= 11 is 0. The number of H-pyrrole nitrogens is 1. The van der Waals surface area contributed by atoms with Gasteiger partial charge in [-0.05, 0) is 18.1 Å². The van der Waals surface area contributed by atoms with Crippen molar-refractivity contribution in [1.82, 2.24) is 24.6 Å². The topological polar surface area (TPSA) is 125 Å². The van der Waals surface area contributed by atoms with Gasteiger partial charge in [-0.3, -0.25) is 4.79 Å². The maximum absolute atomic E-state index is 14.1. The minimum atomic E-state index is -0.990. The third-order valence-electron chi connectivity index (χ3n) is 3.94. The Morgan fingerprint density at radius 3 is 2.88 bits per heavy atom. The lowest BCUT2D eigenvalue weighted by Gasteiger charge is -2.21. The van der Waals surface area contributed by atoms with Crippen LogP contribution in [0.5, 0.6) is 0 Å². The summed E-state index contributed by atoms with van der Waals surface area (Å²) in [6.07, 6.45) is 2.33. The number of aromatic nitrogens is 5. The number of pyridine rings is 1. The first-order chi connectivity index (χ1) is 12.3. The molecule has 3 aromatic heterocycles. The van der Waals surface area contributed by atoms with E-state index < -0.39 is 23.5 Å². The van der Waals surface area contributed by atoms with Crippen molar-refractivity contribution in [1.29, 1.82) is 0 Å². The number of fused-ring (bicyclic) bond motifs is 1. The van der Waals surface area contributed by atoms with E-state index in [-0.39, 0.29) is 24.0 Å². The number of aromatic amines is 1. The minimum absolute atomic E-state index is 0.0511. The number of hydrogen-bond acceptors (Lipinski definition) is 6. The highest BCUT2D eigenvalue weighted by Crippen LogP contribution is 2.21. The van der Waals surface area contributed by atoms with Crippen molar-refractivity contribution >= 4 is 17.4 Å². The van der Waals surface area contributed by atoms with Crippen molar-refractivity contribution in [2.24, 2.45) is 5.92 Å². The highest BCUT2D eigenvalue weighted by Gasteiger charge is 2.20. The zero-order valence-corrected chi connectivity index (χ0v) is 14.1. The van der Waals surface area contributed by atoms with Gasteiger partial charge < -0.3 is 10.4 Å². The van der Waals surface area contributed by atoms with Crippen LogP contribution >= 0.6 is 0 Å². The fourth-order valence-electron chi connectivity index (χ4n) is 2.46. The van der Waals surface area contributed by atoms with Crippen LogP contribution in [0.1, 0.15) is 20.3 Å². The van der Waals surface area contributed by atoms with E-state index in [1.54, 1.807) is 12.1 Å². The predicted molar refractivity (Wildman–Crippen MR) is 91.3 cm³/mol. The van der Waals surface area contributed by atoms with Crippen LogP contribution in [0.2, 0.25) is 0 Å². The molecular weight excluding hydrogens is 343 g/mol. The first kappa shape index (κ1) is 17.5. The Kier molecular flexibility index (Phi) is 4.65. The Morgan fingerprint density at radius 2 is 2.19 bits per heavy atom. The molecule has 3 rings (SSSR count). The number of nitrogens with one attached hydrogen (secondary N) is 2. The number of halogens is 1. The highest BCUT2D eigenvalue weighted by molar-refractivity contribution is 5.68. The van der Waals surface area contributed by atoms with Crippen LogP contribution < -0.4 is 11.0 Å². The van der Waals surface area contributed by atoms with Crippen molar-refractivity contribution in [2.45, 2.75) is 26.3 Å². The fraction of sp³-hybridized carbons (Fsp3) is 0.312. The number of aliphatic carboxylic acids is 1. The number of anilines is 1. The molecule has 3 heterocycles.